The summed E-state index contributed by atoms with van der Waals surface area (Å²) in [7, 11) is 0. The fourth-order valence-electron chi connectivity index (χ4n) is 1.79. The Bertz CT molecular complexity index is 217. The van der Waals surface area contributed by atoms with Gasteiger partial charge in [0.25, 0.3) is 0 Å². The molecule has 1 heterocycles. The van der Waals surface area contributed by atoms with Crippen LogP contribution in [-0.2, 0) is 4.79 Å². The summed E-state index contributed by atoms with van der Waals surface area (Å²) >= 11 is 4.22. The third kappa shape index (κ3) is 3.68. The molecule has 0 aromatic heterocycles. The van der Waals surface area contributed by atoms with Crippen molar-refractivity contribution in [3.05, 3.63) is 0 Å². The summed E-state index contributed by atoms with van der Waals surface area (Å²) in [4.78, 5) is 16.3. The summed E-state index contributed by atoms with van der Waals surface area (Å²) in [6.07, 6.45) is 0. The summed E-state index contributed by atoms with van der Waals surface area (Å²) < 4.78 is 0. The highest BCUT2D eigenvalue weighted by atomic mass is 32.1. The van der Waals surface area contributed by atoms with E-state index < -0.39 is 0 Å². The highest BCUT2D eigenvalue weighted by molar-refractivity contribution is 7.80. The van der Waals surface area contributed by atoms with Crippen molar-refractivity contribution in [1.82, 2.24) is 9.80 Å². The molecule has 0 unspecified atom stereocenters. The lowest BCUT2D eigenvalue weighted by Crippen LogP contribution is -2.51. The molecule has 1 aliphatic rings. The lowest BCUT2D eigenvalue weighted by molar-refractivity contribution is -0.141. The molecule has 0 saturated carbocycles. The number of hydrogen-bond donors (Lipinski definition) is 1. The van der Waals surface area contributed by atoms with Gasteiger partial charge in [-0.1, -0.05) is 20.8 Å². The standard InChI is InChI=1S/C11H22N2OS/c1-11(2,3)10(14)13-6-4-12(5-7-13)8-9-15/h15H,4-9H2,1-3H3. The average Bonchev–Trinajstić information content (AvgIpc) is 2.17. The molecule has 0 spiro atoms. The summed E-state index contributed by atoms with van der Waals surface area (Å²) in [6.45, 7) is 10.7. The van der Waals surface area contributed by atoms with Gasteiger partial charge in [0.05, 0.1) is 0 Å². The monoisotopic (exact) mass is 230 g/mol. The van der Waals surface area contributed by atoms with Crippen molar-refractivity contribution < 1.29 is 4.79 Å². The van der Waals surface area contributed by atoms with Crippen molar-refractivity contribution >= 4 is 18.5 Å². The van der Waals surface area contributed by atoms with E-state index in [2.05, 4.69) is 17.5 Å². The number of amides is 1. The minimum Gasteiger partial charge on any atom is -0.340 e. The van der Waals surface area contributed by atoms with E-state index in [0.29, 0.717) is 0 Å². The van der Waals surface area contributed by atoms with Gasteiger partial charge in [-0.15, -0.1) is 0 Å². The molecule has 0 aliphatic carbocycles. The van der Waals surface area contributed by atoms with Gasteiger partial charge in [-0.25, -0.2) is 0 Å². The Morgan fingerprint density at radius 3 is 2.13 bits per heavy atom. The maximum atomic E-state index is 12.0. The minimum atomic E-state index is -0.244. The molecule has 3 nitrogen and oxygen atoms in total. The Morgan fingerprint density at radius 1 is 1.20 bits per heavy atom. The zero-order valence-electron chi connectivity index (χ0n) is 9.99. The van der Waals surface area contributed by atoms with E-state index in [1.165, 1.54) is 0 Å². The van der Waals surface area contributed by atoms with Crippen LogP contribution in [0.4, 0.5) is 0 Å². The summed E-state index contributed by atoms with van der Waals surface area (Å²) in [5.74, 6) is 1.17. The van der Waals surface area contributed by atoms with Crippen LogP contribution in [-0.4, -0.2) is 54.2 Å². The highest BCUT2D eigenvalue weighted by Crippen LogP contribution is 2.18. The second-order valence-corrected chi connectivity index (χ2v) is 5.55. The van der Waals surface area contributed by atoms with Crippen LogP contribution in [0, 0.1) is 5.41 Å². The zero-order valence-corrected chi connectivity index (χ0v) is 10.9. The first kappa shape index (κ1) is 12.8. The molecule has 15 heavy (non-hydrogen) atoms. The largest absolute Gasteiger partial charge is 0.340 e. The number of carbonyl (C=O) groups excluding carboxylic acids is 1. The Labute approximate surface area is 98.2 Å². The number of thiol groups is 1. The van der Waals surface area contributed by atoms with Crippen LogP contribution in [0.25, 0.3) is 0 Å². The van der Waals surface area contributed by atoms with Crippen molar-refractivity contribution in [3.8, 4) is 0 Å². The Kier molecular flexibility index (Phi) is 4.46. The molecule has 88 valence electrons. The van der Waals surface area contributed by atoms with Crippen molar-refractivity contribution in [3.63, 3.8) is 0 Å². The number of hydrogen-bond acceptors (Lipinski definition) is 3. The number of rotatable bonds is 2. The van der Waals surface area contributed by atoms with Gasteiger partial charge in [0, 0.05) is 43.9 Å². The first-order valence-corrected chi connectivity index (χ1v) is 6.21. The van der Waals surface area contributed by atoms with Gasteiger partial charge in [-0.3, -0.25) is 9.69 Å². The van der Waals surface area contributed by atoms with Crippen molar-refractivity contribution in [2.75, 3.05) is 38.5 Å². The molecule has 1 amide bonds. The molecule has 0 bridgehead atoms. The third-order valence-electron chi connectivity index (χ3n) is 2.72. The first-order valence-electron chi connectivity index (χ1n) is 5.58. The van der Waals surface area contributed by atoms with Crippen LogP contribution in [0.1, 0.15) is 20.8 Å². The Hall–Kier alpha value is -0.220. The average molecular weight is 230 g/mol. The number of nitrogens with zero attached hydrogens (tertiary/aromatic N) is 2. The molecule has 0 radical (unpaired) electrons. The van der Waals surface area contributed by atoms with Crippen molar-refractivity contribution in [1.29, 1.82) is 0 Å². The normalized spacial score (nSPS) is 19.3. The maximum absolute atomic E-state index is 12.0. The molecule has 4 heteroatoms. The predicted octanol–water partition coefficient (Wildman–Crippen LogP) is 1.11. The molecule has 0 aromatic carbocycles. The predicted molar refractivity (Wildman–Crippen MR) is 66.3 cm³/mol. The summed E-state index contributed by atoms with van der Waals surface area (Å²) in [5.41, 5.74) is -0.244. The second-order valence-electron chi connectivity index (χ2n) is 5.11. The molecule has 0 aromatic rings. The van der Waals surface area contributed by atoms with E-state index >= 15 is 0 Å². The summed E-state index contributed by atoms with van der Waals surface area (Å²) in [5, 5.41) is 0. The lowest BCUT2D eigenvalue weighted by atomic mass is 9.94. The van der Waals surface area contributed by atoms with Crippen molar-refractivity contribution in [2.24, 2.45) is 5.41 Å². The van der Waals surface area contributed by atoms with E-state index in [0.717, 1.165) is 38.5 Å². The highest BCUT2D eigenvalue weighted by Gasteiger charge is 2.29. The van der Waals surface area contributed by atoms with Gasteiger partial charge in [0.1, 0.15) is 0 Å². The fourth-order valence-corrected chi connectivity index (χ4v) is 2.07. The molecule has 0 N–H and O–H groups in total. The fraction of sp³-hybridized carbons (Fsp3) is 0.909. The molecule has 0 atom stereocenters. The maximum Gasteiger partial charge on any atom is 0.228 e. The quantitative estimate of drug-likeness (QED) is 0.718. The number of carbonyl (C=O) groups is 1. The van der Waals surface area contributed by atoms with E-state index in [4.69, 9.17) is 0 Å². The van der Waals surface area contributed by atoms with Crippen LogP contribution < -0.4 is 0 Å². The van der Waals surface area contributed by atoms with E-state index in [-0.39, 0.29) is 11.3 Å². The van der Waals surface area contributed by atoms with Crippen molar-refractivity contribution in [2.45, 2.75) is 20.8 Å². The van der Waals surface area contributed by atoms with Crippen LogP contribution in [0.3, 0.4) is 0 Å². The van der Waals surface area contributed by atoms with E-state index in [9.17, 15) is 4.79 Å². The van der Waals surface area contributed by atoms with Gasteiger partial charge < -0.3 is 4.90 Å². The lowest BCUT2D eigenvalue weighted by Gasteiger charge is -2.37. The van der Waals surface area contributed by atoms with Crippen LogP contribution in [0.2, 0.25) is 0 Å². The molecule has 1 saturated heterocycles. The Morgan fingerprint density at radius 2 is 1.73 bits per heavy atom. The topological polar surface area (TPSA) is 23.6 Å². The van der Waals surface area contributed by atoms with Crippen LogP contribution in [0.15, 0.2) is 0 Å². The smallest absolute Gasteiger partial charge is 0.228 e. The van der Waals surface area contributed by atoms with E-state index in [1.807, 2.05) is 25.7 Å². The zero-order chi connectivity index (χ0) is 11.5. The second kappa shape index (κ2) is 5.21. The van der Waals surface area contributed by atoms with Crippen LogP contribution >= 0.6 is 12.6 Å². The molecular weight excluding hydrogens is 208 g/mol. The first-order chi connectivity index (χ1) is 6.95. The van der Waals surface area contributed by atoms with Gasteiger partial charge in [-0.05, 0) is 0 Å². The SMILES string of the molecule is CC(C)(C)C(=O)N1CCN(CCS)CC1. The summed E-state index contributed by atoms with van der Waals surface area (Å²) in [6, 6.07) is 0. The van der Waals surface area contributed by atoms with E-state index in [1.54, 1.807) is 0 Å². The molecule has 1 aliphatic heterocycles. The van der Waals surface area contributed by atoms with Gasteiger partial charge in [-0.2, -0.15) is 12.6 Å². The molecule has 1 rings (SSSR count). The number of piperazine rings is 1. The molecule has 1 fully saturated rings. The minimum absolute atomic E-state index is 0.244. The Balaban J connectivity index is 2.41. The third-order valence-corrected chi connectivity index (χ3v) is 2.92. The molecular formula is C11H22N2OS. The van der Waals surface area contributed by atoms with Gasteiger partial charge in [0.2, 0.25) is 5.91 Å². The van der Waals surface area contributed by atoms with Gasteiger partial charge in [0.15, 0.2) is 0 Å². The van der Waals surface area contributed by atoms with Crippen LogP contribution in [0.5, 0.6) is 0 Å². The van der Waals surface area contributed by atoms with Gasteiger partial charge >= 0.3 is 0 Å².